The molecule has 3 rings (SSSR count). The molecule has 0 radical (unpaired) electrons. The van der Waals surface area contributed by atoms with Gasteiger partial charge in [0.25, 0.3) is 0 Å². The molecule has 1 aliphatic heterocycles. The predicted molar refractivity (Wildman–Crippen MR) is 64.7 cm³/mol. The lowest BCUT2D eigenvalue weighted by atomic mass is 10.0. The Morgan fingerprint density at radius 1 is 1.53 bits per heavy atom. The van der Waals surface area contributed by atoms with Crippen molar-refractivity contribution in [2.75, 3.05) is 6.61 Å². The molecule has 0 bridgehead atoms. The second-order valence-corrected chi connectivity index (χ2v) is 4.88. The third-order valence-electron chi connectivity index (χ3n) is 3.59. The van der Waals surface area contributed by atoms with Crippen molar-refractivity contribution < 1.29 is 14.6 Å². The summed E-state index contributed by atoms with van der Waals surface area (Å²) in [5.74, 6) is 1.86. The van der Waals surface area contributed by atoms with E-state index in [1.807, 2.05) is 6.92 Å². The minimum atomic E-state index is -0.385. The van der Waals surface area contributed by atoms with Crippen LogP contribution in [0, 0.1) is 0 Å². The molecule has 17 heavy (non-hydrogen) atoms. The molecule has 0 fully saturated rings. The third kappa shape index (κ3) is 1.61. The van der Waals surface area contributed by atoms with Crippen molar-refractivity contribution in [1.29, 1.82) is 0 Å². The van der Waals surface area contributed by atoms with E-state index >= 15 is 0 Å². The number of aliphatic hydroxyl groups excluding tert-OH is 1. The van der Waals surface area contributed by atoms with Gasteiger partial charge in [0, 0.05) is 23.1 Å². The lowest BCUT2D eigenvalue weighted by Gasteiger charge is -2.14. The van der Waals surface area contributed by atoms with E-state index in [2.05, 4.69) is 13.0 Å². The average molecular weight is 234 g/mol. The van der Waals surface area contributed by atoms with E-state index in [1.54, 1.807) is 0 Å². The summed E-state index contributed by atoms with van der Waals surface area (Å²) in [4.78, 5) is 0. The highest BCUT2D eigenvalue weighted by atomic mass is 16.5. The second kappa shape index (κ2) is 3.91. The number of aliphatic hydroxyl groups is 1. The molecule has 0 aromatic heterocycles. The number of hydrogen-bond donors (Lipinski definition) is 1. The van der Waals surface area contributed by atoms with Crippen LogP contribution in [0.15, 0.2) is 6.07 Å². The molecule has 0 saturated heterocycles. The highest BCUT2D eigenvalue weighted by Gasteiger charge is 2.33. The van der Waals surface area contributed by atoms with E-state index in [-0.39, 0.29) is 12.2 Å². The highest BCUT2D eigenvalue weighted by molar-refractivity contribution is 5.58. The Morgan fingerprint density at radius 2 is 2.35 bits per heavy atom. The Balaban J connectivity index is 2.14. The molecule has 0 amide bonds. The number of rotatable bonds is 2. The van der Waals surface area contributed by atoms with Gasteiger partial charge in [0.2, 0.25) is 0 Å². The SMILES string of the molecule is CCOc1cc2c(c3c1CCC3O)OC(C)C2. The Kier molecular flexibility index (Phi) is 2.51. The van der Waals surface area contributed by atoms with Crippen molar-refractivity contribution >= 4 is 0 Å². The molecule has 1 aromatic rings. The fourth-order valence-corrected chi connectivity index (χ4v) is 2.92. The van der Waals surface area contributed by atoms with Gasteiger partial charge in [-0.1, -0.05) is 0 Å². The summed E-state index contributed by atoms with van der Waals surface area (Å²) in [5, 5.41) is 10.1. The Bertz CT molecular complexity index is 453. The van der Waals surface area contributed by atoms with Crippen molar-refractivity contribution in [3.05, 3.63) is 22.8 Å². The molecule has 1 aliphatic carbocycles. The van der Waals surface area contributed by atoms with E-state index < -0.39 is 0 Å². The van der Waals surface area contributed by atoms with Gasteiger partial charge in [0.05, 0.1) is 12.7 Å². The molecular weight excluding hydrogens is 216 g/mol. The summed E-state index contributed by atoms with van der Waals surface area (Å²) in [6.07, 6.45) is 2.40. The van der Waals surface area contributed by atoms with Gasteiger partial charge in [-0.2, -0.15) is 0 Å². The molecule has 92 valence electrons. The quantitative estimate of drug-likeness (QED) is 0.854. The van der Waals surface area contributed by atoms with Gasteiger partial charge in [-0.3, -0.25) is 0 Å². The van der Waals surface area contributed by atoms with Crippen molar-refractivity contribution in [3.8, 4) is 11.5 Å². The summed E-state index contributed by atoms with van der Waals surface area (Å²) in [6.45, 7) is 4.72. The Hall–Kier alpha value is -1.22. The van der Waals surface area contributed by atoms with E-state index in [0.717, 1.165) is 41.9 Å². The fraction of sp³-hybridized carbons (Fsp3) is 0.571. The molecular formula is C14H18O3. The molecule has 1 heterocycles. The van der Waals surface area contributed by atoms with Gasteiger partial charge in [-0.05, 0) is 32.8 Å². The maximum absolute atomic E-state index is 10.1. The molecule has 3 nitrogen and oxygen atoms in total. The summed E-state index contributed by atoms with van der Waals surface area (Å²) in [7, 11) is 0. The fourth-order valence-electron chi connectivity index (χ4n) is 2.92. The van der Waals surface area contributed by atoms with Crippen molar-refractivity contribution in [3.63, 3.8) is 0 Å². The minimum Gasteiger partial charge on any atom is -0.494 e. The van der Waals surface area contributed by atoms with Crippen LogP contribution in [0.2, 0.25) is 0 Å². The van der Waals surface area contributed by atoms with Gasteiger partial charge in [-0.15, -0.1) is 0 Å². The molecule has 2 unspecified atom stereocenters. The van der Waals surface area contributed by atoms with Crippen LogP contribution in [-0.2, 0) is 12.8 Å². The van der Waals surface area contributed by atoms with E-state index in [4.69, 9.17) is 9.47 Å². The summed E-state index contributed by atoms with van der Waals surface area (Å²) in [5.41, 5.74) is 3.31. The first-order valence-corrected chi connectivity index (χ1v) is 6.36. The zero-order valence-corrected chi connectivity index (χ0v) is 10.3. The predicted octanol–water partition coefficient (Wildman–Crippen LogP) is 2.39. The first-order valence-electron chi connectivity index (χ1n) is 6.36. The van der Waals surface area contributed by atoms with Crippen LogP contribution in [0.4, 0.5) is 0 Å². The summed E-state index contributed by atoms with van der Waals surface area (Å²) < 4.78 is 11.5. The number of fused-ring (bicyclic) bond motifs is 3. The van der Waals surface area contributed by atoms with Crippen LogP contribution in [0.5, 0.6) is 11.5 Å². The first-order chi connectivity index (χ1) is 8.20. The zero-order valence-electron chi connectivity index (χ0n) is 10.3. The molecule has 0 spiro atoms. The standard InChI is InChI=1S/C14H18O3/c1-3-16-12-7-9-6-8(2)17-14(9)13-10(12)4-5-11(13)15/h7-8,11,15H,3-6H2,1-2H3. The third-order valence-corrected chi connectivity index (χ3v) is 3.59. The molecule has 1 N–H and O–H groups in total. The van der Waals surface area contributed by atoms with E-state index in [1.165, 1.54) is 5.56 Å². The molecule has 3 heteroatoms. The van der Waals surface area contributed by atoms with Gasteiger partial charge >= 0.3 is 0 Å². The average Bonchev–Trinajstić information content (AvgIpc) is 2.82. The van der Waals surface area contributed by atoms with Gasteiger partial charge in [0.15, 0.2) is 0 Å². The second-order valence-electron chi connectivity index (χ2n) is 4.88. The van der Waals surface area contributed by atoms with Crippen LogP contribution in [0.3, 0.4) is 0 Å². The van der Waals surface area contributed by atoms with Gasteiger partial charge < -0.3 is 14.6 Å². The Morgan fingerprint density at radius 3 is 3.12 bits per heavy atom. The van der Waals surface area contributed by atoms with E-state index in [0.29, 0.717) is 6.61 Å². The Labute approximate surface area is 101 Å². The van der Waals surface area contributed by atoms with Gasteiger partial charge in [0.1, 0.15) is 17.6 Å². The van der Waals surface area contributed by atoms with Crippen LogP contribution < -0.4 is 9.47 Å². The lowest BCUT2D eigenvalue weighted by Crippen LogP contribution is -2.06. The van der Waals surface area contributed by atoms with Crippen LogP contribution in [0.25, 0.3) is 0 Å². The van der Waals surface area contributed by atoms with Gasteiger partial charge in [-0.25, -0.2) is 0 Å². The molecule has 0 saturated carbocycles. The van der Waals surface area contributed by atoms with Crippen LogP contribution >= 0.6 is 0 Å². The lowest BCUT2D eigenvalue weighted by molar-refractivity contribution is 0.171. The largest absolute Gasteiger partial charge is 0.494 e. The minimum absolute atomic E-state index is 0.207. The van der Waals surface area contributed by atoms with Crippen LogP contribution in [0.1, 0.15) is 43.1 Å². The number of hydrogen-bond acceptors (Lipinski definition) is 3. The van der Waals surface area contributed by atoms with Crippen molar-refractivity contribution in [1.82, 2.24) is 0 Å². The van der Waals surface area contributed by atoms with E-state index in [9.17, 15) is 5.11 Å². The maximum Gasteiger partial charge on any atom is 0.129 e. The molecule has 2 atom stereocenters. The molecule has 2 aliphatic rings. The van der Waals surface area contributed by atoms with Crippen LogP contribution in [-0.4, -0.2) is 17.8 Å². The first kappa shape index (κ1) is 10.9. The normalized spacial score (nSPS) is 25.4. The van der Waals surface area contributed by atoms with Crippen molar-refractivity contribution in [2.24, 2.45) is 0 Å². The van der Waals surface area contributed by atoms with Crippen molar-refractivity contribution in [2.45, 2.75) is 45.3 Å². The maximum atomic E-state index is 10.1. The highest BCUT2D eigenvalue weighted by Crippen LogP contribution is 2.47. The molecule has 1 aromatic carbocycles. The topological polar surface area (TPSA) is 38.7 Å². The summed E-state index contributed by atoms with van der Waals surface area (Å²) >= 11 is 0. The summed E-state index contributed by atoms with van der Waals surface area (Å²) in [6, 6.07) is 2.10. The monoisotopic (exact) mass is 234 g/mol. The zero-order chi connectivity index (χ0) is 12.0. The number of ether oxygens (including phenoxy) is 2. The smallest absolute Gasteiger partial charge is 0.129 e. The number of benzene rings is 1.